The summed E-state index contributed by atoms with van der Waals surface area (Å²) in [5.41, 5.74) is -0.818. The highest BCUT2D eigenvalue weighted by molar-refractivity contribution is 5.79. The van der Waals surface area contributed by atoms with Crippen molar-refractivity contribution in [2.24, 2.45) is 5.41 Å². The highest BCUT2D eigenvalue weighted by atomic mass is 16.4. The van der Waals surface area contributed by atoms with E-state index in [4.69, 9.17) is 0 Å². The lowest BCUT2D eigenvalue weighted by Gasteiger charge is -2.37. The second-order valence-corrected chi connectivity index (χ2v) is 5.19. The second kappa shape index (κ2) is 5.38. The van der Waals surface area contributed by atoms with E-state index in [-0.39, 0.29) is 5.91 Å². The van der Waals surface area contributed by atoms with Gasteiger partial charge in [-0.05, 0) is 19.8 Å². The number of hydrogen-bond donors (Lipinski definition) is 1. The van der Waals surface area contributed by atoms with Crippen molar-refractivity contribution in [1.82, 2.24) is 19.7 Å². The molecule has 1 aliphatic rings. The van der Waals surface area contributed by atoms with Crippen molar-refractivity contribution >= 4 is 11.9 Å². The number of carboxylic acid groups (broad SMARTS) is 1. The van der Waals surface area contributed by atoms with Crippen molar-refractivity contribution in [1.29, 1.82) is 0 Å². The summed E-state index contributed by atoms with van der Waals surface area (Å²) in [6.45, 7) is 3.10. The van der Waals surface area contributed by atoms with Crippen LogP contribution in [0.15, 0.2) is 12.7 Å². The third-order valence-corrected chi connectivity index (χ3v) is 3.59. The van der Waals surface area contributed by atoms with Gasteiger partial charge in [0.2, 0.25) is 5.91 Å². The molecule has 0 saturated carbocycles. The molecule has 0 bridgehead atoms. The smallest absolute Gasteiger partial charge is 0.311 e. The van der Waals surface area contributed by atoms with Crippen LogP contribution >= 0.6 is 0 Å². The van der Waals surface area contributed by atoms with Gasteiger partial charge >= 0.3 is 5.97 Å². The Hall–Kier alpha value is -1.92. The Bertz CT molecular complexity index is 460. The molecule has 1 fully saturated rings. The van der Waals surface area contributed by atoms with Gasteiger partial charge in [0.05, 0.1) is 12.0 Å². The molecule has 1 N–H and O–H groups in total. The van der Waals surface area contributed by atoms with Crippen molar-refractivity contribution < 1.29 is 14.7 Å². The SMILES string of the molecule is CC1(C(=O)O)CCCN(C(=O)CCn2cncn2)C1. The third kappa shape index (κ3) is 3.10. The summed E-state index contributed by atoms with van der Waals surface area (Å²) in [6.07, 6.45) is 4.66. The van der Waals surface area contributed by atoms with Crippen molar-refractivity contribution in [3.05, 3.63) is 12.7 Å². The summed E-state index contributed by atoms with van der Waals surface area (Å²) in [5, 5.41) is 13.1. The van der Waals surface area contributed by atoms with Crippen LogP contribution in [0.1, 0.15) is 26.2 Å². The van der Waals surface area contributed by atoms with E-state index in [0.29, 0.717) is 32.5 Å². The molecular formula is C12H18N4O3. The lowest BCUT2D eigenvalue weighted by molar-refractivity contribution is -0.153. The molecule has 0 spiro atoms. The molecule has 104 valence electrons. The first-order valence-electron chi connectivity index (χ1n) is 6.35. The van der Waals surface area contributed by atoms with Crippen molar-refractivity contribution in [3.8, 4) is 0 Å². The standard InChI is InChI=1S/C12H18N4O3/c1-12(11(18)19)4-2-5-15(7-12)10(17)3-6-16-9-13-8-14-16/h8-9H,2-7H2,1H3,(H,18,19). The number of rotatable bonds is 4. The number of carbonyl (C=O) groups is 2. The molecule has 1 aliphatic heterocycles. The van der Waals surface area contributed by atoms with Crippen LogP contribution in [-0.2, 0) is 16.1 Å². The van der Waals surface area contributed by atoms with E-state index in [0.717, 1.165) is 6.42 Å². The molecule has 7 nitrogen and oxygen atoms in total. The lowest BCUT2D eigenvalue weighted by Crippen LogP contribution is -2.48. The van der Waals surface area contributed by atoms with Gasteiger partial charge in [0.25, 0.3) is 0 Å². The van der Waals surface area contributed by atoms with Crippen LogP contribution in [0.4, 0.5) is 0 Å². The molecule has 1 saturated heterocycles. The Balaban J connectivity index is 1.90. The van der Waals surface area contributed by atoms with Crippen LogP contribution in [0.5, 0.6) is 0 Å². The number of carbonyl (C=O) groups excluding carboxylic acids is 1. The topological polar surface area (TPSA) is 88.3 Å². The lowest BCUT2D eigenvalue weighted by atomic mass is 9.82. The second-order valence-electron chi connectivity index (χ2n) is 5.19. The quantitative estimate of drug-likeness (QED) is 0.851. The molecule has 0 radical (unpaired) electrons. The van der Waals surface area contributed by atoms with Crippen LogP contribution < -0.4 is 0 Å². The molecule has 1 aromatic heterocycles. The summed E-state index contributed by atoms with van der Waals surface area (Å²) < 4.78 is 1.60. The van der Waals surface area contributed by atoms with Crippen LogP contribution in [0, 0.1) is 5.41 Å². The fourth-order valence-corrected chi connectivity index (χ4v) is 2.34. The maximum Gasteiger partial charge on any atom is 0.311 e. The van der Waals surface area contributed by atoms with E-state index >= 15 is 0 Å². The van der Waals surface area contributed by atoms with Crippen LogP contribution in [0.3, 0.4) is 0 Å². The minimum absolute atomic E-state index is 0.0253. The minimum atomic E-state index is -0.832. The number of nitrogens with zero attached hydrogens (tertiary/aromatic N) is 4. The third-order valence-electron chi connectivity index (χ3n) is 3.59. The first kappa shape index (κ1) is 13.5. The van der Waals surface area contributed by atoms with E-state index in [1.807, 2.05) is 0 Å². The molecular weight excluding hydrogens is 248 g/mol. The van der Waals surface area contributed by atoms with Crippen molar-refractivity contribution in [2.75, 3.05) is 13.1 Å². The van der Waals surface area contributed by atoms with Gasteiger partial charge in [-0.3, -0.25) is 14.3 Å². The number of aryl methyl sites for hydroxylation is 1. The maximum absolute atomic E-state index is 12.1. The first-order valence-corrected chi connectivity index (χ1v) is 6.35. The van der Waals surface area contributed by atoms with Gasteiger partial charge in [-0.25, -0.2) is 4.98 Å². The Kier molecular flexibility index (Phi) is 3.82. The van der Waals surface area contributed by atoms with Crippen molar-refractivity contribution in [3.63, 3.8) is 0 Å². The number of aromatic nitrogens is 3. The normalized spacial score (nSPS) is 23.3. The van der Waals surface area contributed by atoms with E-state index in [1.165, 1.54) is 6.33 Å². The molecule has 0 aromatic carbocycles. The average molecular weight is 266 g/mol. The van der Waals surface area contributed by atoms with Crippen LogP contribution in [0.2, 0.25) is 0 Å². The molecule has 1 aromatic rings. The van der Waals surface area contributed by atoms with Gasteiger partial charge < -0.3 is 10.0 Å². The summed E-state index contributed by atoms with van der Waals surface area (Å²) >= 11 is 0. The Morgan fingerprint density at radius 2 is 2.26 bits per heavy atom. The zero-order valence-electron chi connectivity index (χ0n) is 10.9. The number of amides is 1. The Morgan fingerprint density at radius 3 is 2.89 bits per heavy atom. The number of hydrogen-bond acceptors (Lipinski definition) is 4. The monoisotopic (exact) mass is 266 g/mol. The predicted octanol–water partition coefficient (Wildman–Crippen LogP) is 0.381. The largest absolute Gasteiger partial charge is 0.481 e. The van der Waals surface area contributed by atoms with E-state index in [1.54, 1.807) is 22.8 Å². The number of aliphatic carboxylic acids is 1. The predicted molar refractivity (Wildman–Crippen MR) is 66.2 cm³/mol. The van der Waals surface area contributed by atoms with Crippen LogP contribution in [-0.4, -0.2) is 49.7 Å². The molecule has 1 unspecified atom stereocenters. The van der Waals surface area contributed by atoms with E-state index < -0.39 is 11.4 Å². The van der Waals surface area contributed by atoms with E-state index in [9.17, 15) is 14.7 Å². The highest BCUT2D eigenvalue weighted by Gasteiger charge is 2.39. The molecule has 2 heterocycles. The minimum Gasteiger partial charge on any atom is -0.481 e. The summed E-state index contributed by atoms with van der Waals surface area (Å²) in [7, 11) is 0. The summed E-state index contributed by atoms with van der Waals surface area (Å²) in [6, 6.07) is 0. The maximum atomic E-state index is 12.1. The summed E-state index contributed by atoms with van der Waals surface area (Å²) in [5.74, 6) is -0.857. The molecule has 0 aliphatic carbocycles. The summed E-state index contributed by atoms with van der Waals surface area (Å²) in [4.78, 5) is 28.8. The molecule has 19 heavy (non-hydrogen) atoms. The highest BCUT2D eigenvalue weighted by Crippen LogP contribution is 2.29. The number of carboxylic acids is 1. The van der Waals surface area contributed by atoms with Gasteiger partial charge in [0.1, 0.15) is 12.7 Å². The molecule has 7 heteroatoms. The van der Waals surface area contributed by atoms with Crippen molar-refractivity contribution in [2.45, 2.75) is 32.7 Å². The van der Waals surface area contributed by atoms with Crippen LogP contribution in [0.25, 0.3) is 0 Å². The fourth-order valence-electron chi connectivity index (χ4n) is 2.34. The molecule has 1 amide bonds. The molecule has 1 atom stereocenters. The van der Waals surface area contributed by atoms with E-state index in [2.05, 4.69) is 10.1 Å². The fraction of sp³-hybridized carbons (Fsp3) is 0.667. The zero-order chi connectivity index (χ0) is 13.9. The number of piperidine rings is 1. The van der Waals surface area contributed by atoms with Gasteiger partial charge in [0, 0.05) is 19.5 Å². The Labute approximate surface area is 111 Å². The average Bonchev–Trinajstić information content (AvgIpc) is 2.89. The zero-order valence-corrected chi connectivity index (χ0v) is 10.9. The Morgan fingerprint density at radius 1 is 1.47 bits per heavy atom. The van der Waals surface area contributed by atoms with Gasteiger partial charge in [0.15, 0.2) is 0 Å². The first-order chi connectivity index (χ1) is 9.01. The number of likely N-dealkylation sites (tertiary alicyclic amines) is 1. The van der Waals surface area contributed by atoms with Gasteiger partial charge in [-0.2, -0.15) is 5.10 Å². The molecule has 2 rings (SSSR count). The van der Waals surface area contributed by atoms with Gasteiger partial charge in [-0.1, -0.05) is 0 Å². The van der Waals surface area contributed by atoms with Gasteiger partial charge in [-0.15, -0.1) is 0 Å².